The number of methoxy groups -OCH3 is 2. The van der Waals surface area contributed by atoms with Gasteiger partial charge < -0.3 is 19.3 Å². The van der Waals surface area contributed by atoms with Crippen LogP contribution >= 0.6 is 22.9 Å². The van der Waals surface area contributed by atoms with Gasteiger partial charge in [-0.3, -0.25) is 9.59 Å². The van der Waals surface area contributed by atoms with Crippen LogP contribution in [0.25, 0.3) is 0 Å². The van der Waals surface area contributed by atoms with Gasteiger partial charge in [-0.15, -0.1) is 11.3 Å². The van der Waals surface area contributed by atoms with Crippen LogP contribution < -0.4 is 4.74 Å². The summed E-state index contributed by atoms with van der Waals surface area (Å²) in [5.41, 5.74) is 2.67. The molecule has 0 spiro atoms. The fraction of sp³-hybridized carbons (Fsp3) is 0.333. The number of fused-ring (bicyclic) bond motifs is 1. The topological polar surface area (TPSA) is 59.1 Å². The van der Waals surface area contributed by atoms with Crippen LogP contribution in [0.4, 0.5) is 0 Å². The SMILES string of the molecule is COCCCN(CC(=O)N1CCc2sccc2C1c1ccc(OC)cc1)C(=O)c1ccc(Cl)cc1. The molecule has 0 fully saturated rings. The number of nitrogens with zero attached hydrogens (tertiary/aromatic N) is 2. The summed E-state index contributed by atoms with van der Waals surface area (Å²) in [6.45, 7) is 1.53. The minimum Gasteiger partial charge on any atom is -0.497 e. The summed E-state index contributed by atoms with van der Waals surface area (Å²) in [6.07, 6.45) is 1.44. The Morgan fingerprint density at radius 2 is 1.83 bits per heavy atom. The summed E-state index contributed by atoms with van der Waals surface area (Å²) in [4.78, 5) is 31.8. The van der Waals surface area contributed by atoms with Crippen LogP contribution in [-0.2, 0) is 16.0 Å². The number of hydrogen-bond acceptors (Lipinski definition) is 5. The molecule has 1 aromatic heterocycles. The van der Waals surface area contributed by atoms with Crippen molar-refractivity contribution < 1.29 is 19.1 Å². The number of benzene rings is 2. The Morgan fingerprint density at radius 1 is 1.09 bits per heavy atom. The number of ether oxygens (including phenoxy) is 2. The van der Waals surface area contributed by atoms with E-state index in [0.717, 1.165) is 23.3 Å². The molecule has 3 aromatic rings. The van der Waals surface area contributed by atoms with E-state index >= 15 is 0 Å². The molecule has 184 valence electrons. The third kappa shape index (κ3) is 5.86. The lowest BCUT2D eigenvalue weighted by atomic mass is 9.93. The highest BCUT2D eigenvalue weighted by Gasteiger charge is 2.34. The van der Waals surface area contributed by atoms with Crippen molar-refractivity contribution in [3.05, 3.63) is 86.6 Å². The average Bonchev–Trinajstić information content (AvgIpc) is 3.37. The highest BCUT2D eigenvalue weighted by molar-refractivity contribution is 7.10. The van der Waals surface area contributed by atoms with E-state index in [0.29, 0.717) is 36.7 Å². The van der Waals surface area contributed by atoms with Crippen LogP contribution in [0.5, 0.6) is 5.75 Å². The number of rotatable bonds is 9. The predicted octanol–water partition coefficient (Wildman–Crippen LogP) is 5.06. The van der Waals surface area contributed by atoms with Gasteiger partial charge in [0.2, 0.25) is 5.91 Å². The van der Waals surface area contributed by atoms with E-state index in [1.54, 1.807) is 54.7 Å². The molecule has 1 unspecified atom stereocenters. The first kappa shape index (κ1) is 25.2. The van der Waals surface area contributed by atoms with Crippen LogP contribution in [0.15, 0.2) is 60.0 Å². The summed E-state index contributed by atoms with van der Waals surface area (Å²) >= 11 is 7.72. The summed E-state index contributed by atoms with van der Waals surface area (Å²) in [5.74, 6) is 0.494. The van der Waals surface area contributed by atoms with Gasteiger partial charge in [-0.25, -0.2) is 0 Å². The number of amides is 2. The average molecular weight is 513 g/mol. The van der Waals surface area contributed by atoms with Crippen molar-refractivity contribution in [2.45, 2.75) is 18.9 Å². The van der Waals surface area contributed by atoms with E-state index in [-0.39, 0.29) is 24.4 Å². The Morgan fingerprint density at radius 3 is 2.51 bits per heavy atom. The molecule has 0 radical (unpaired) electrons. The van der Waals surface area contributed by atoms with E-state index in [2.05, 4.69) is 11.4 Å². The van der Waals surface area contributed by atoms with Crippen molar-refractivity contribution in [3.8, 4) is 5.75 Å². The first-order valence-corrected chi connectivity index (χ1v) is 12.8. The Hall–Kier alpha value is -2.87. The quantitative estimate of drug-likeness (QED) is 0.376. The number of carbonyl (C=O) groups excluding carboxylic acids is 2. The maximum atomic E-state index is 13.7. The minimum absolute atomic E-state index is 0.00268. The minimum atomic E-state index is -0.199. The van der Waals surface area contributed by atoms with Gasteiger partial charge in [-0.1, -0.05) is 23.7 Å². The fourth-order valence-electron chi connectivity index (χ4n) is 4.41. The van der Waals surface area contributed by atoms with E-state index < -0.39 is 0 Å². The summed E-state index contributed by atoms with van der Waals surface area (Å²) in [7, 11) is 3.26. The van der Waals surface area contributed by atoms with Crippen molar-refractivity contribution in [1.29, 1.82) is 0 Å². The number of carbonyl (C=O) groups is 2. The second-order valence-electron chi connectivity index (χ2n) is 8.39. The van der Waals surface area contributed by atoms with Crippen molar-refractivity contribution >= 4 is 34.8 Å². The summed E-state index contributed by atoms with van der Waals surface area (Å²) in [5, 5.41) is 2.64. The first-order chi connectivity index (χ1) is 17.0. The van der Waals surface area contributed by atoms with Crippen LogP contribution in [0.1, 0.15) is 38.8 Å². The standard InChI is InChI=1S/C27H29ClN2O4S/c1-33-16-3-14-29(27(32)20-4-8-21(28)9-5-20)18-25(31)30-15-12-24-23(13-17-35-24)26(30)19-6-10-22(34-2)11-7-19/h4-11,13,17,26H,3,12,14-16,18H2,1-2H3. The Balaban J connectivity index is 1.59. The zero-order chi connectivity index (χ0) is 24.8. The molecule has 0 bridgehead atoms. The molecule has 35 heavy (non-hydrogen) atoms. The molecule has 0 N–H and O–H groups in total. The molecule has 2 heterocycles. The molecule has 1 aliphatic rings. The second kappa shape index (κ2) is 11.7. The molecule has 0 saturated carbocycles. The third-order valence-electron chi connectivity index (χ3n) is 6.20. The van der Waals surface area contributed by atoms with E-state index in [9.17, 15) is 9.59 Å². The molecule has 8 heteroatoms. The van der Waals surface area contributed by atoms with Gasteiger partial charge in [0.1, 0.15) is 12.3 Å². The molecule has 2 aromatic carbocycles. The van der Waals surface area contributed by atoms with Crippen LogP contribution in [0.3, 0.4) is 0 Å². The zero-order valence-corrected chi connectivity index (χ0v) is 21.5. The van der Waals surface area contributed by atoms with Crippen molar-refractivity contribution in [3.63, 3.8) is 0 Å². The summed E-state index contributed by atoms with van der Waals surface area (Å²) in [6, 6.07) is 16.5. The van der Waals surface area contributed by atoms with Crippen molar-refractivity contribution in [2.75, 3.05) is 40.5 Å². The van der Waals surface area contributed by atoms with E-state index in [1.165, 1.54) is 4.88 Å². The molecule has 0 aliphatic carbocycles. The molecular formula is C27H29ClN2O4S. The van der Waals surface area contributed by atoms with Crippen LogP contribution in [-0.4, -0.2) is 62.1 Å². The van der Waals surface area contributed by atoms with Gasteiger partial charge in [-0.2, -0.15) is 0 Å². The molecule has 0 saturated heterocycles. The lowest BCUT2D eigenvalue weighted by Gasteiger charge is -2.37. The fourth-order valence-corrected chi connectivity index (χ4v) is 5.44. The molecule has 1 atom stereocenters. The Labute approximate surface area is 215 Å². The molecular weight excluding hydrogens is 484 g/mol. The highest BCUT2D eigenvalue weighted by atomic mass is 35.5. The van der Waals surface area contributed by atoms with Gasteiger partial charge >= 0.3 is 0 Å². The Bertz CT molecular complexity index is 1150. The summed E-state index contributed by atoms with van der Waals surface area (Å²) < 4.78 is 10.5. The van der Waals surface area contributed by atoms with E-state index in [1.807, 2.05) is 29.2 Å². The van der Waals surface area contributed by atoms with Gasteiger partial charge in [0.25, 0.3) is 5.91 Å². The van der Waals surface area contributed by atoms with Crippen LogP contribution in [0, 0.1) is 0 Å². The van der Waals surface area contributed by atoms with Crippen LogP contribution in [0.2, 0.25) is 5.02 Å². The first-order valence-electron chi connectivity index (χ1n) is 11.5. The highest BCUT2D eigenvalue weighted by Crippen LogP contribution is 2.38. The molecule has 2 amide bonds. The second-order valence-corrected chi connectivity index (χ2v) is 9.83. The maximum absolute atomic E-state index is 13.7. The smallest absolute Gasteiger partial charge is 0.254 e. The van der Waals surface area contributed by atoms with Crippen molar-refractivity contribution in [2.24, 2.45) is 0 Å². The molecule has 1 aliphatic heterocycles. The number of thiophene rings is 1. The third-order valence-corrected chi connectivity index (χ3v) is 7.45. The number of hydrogen-bond donors (Lipinski definition) is 0. The normalized spacial score (nSPS) is 14.9. The van der Waals surface area contributed by atoms with E-state index in [4.69, 9.17) is 21.1 Å². The van der Waals surface area contributed by atoms with Crippen molar-refractivity contribution in [1.82, 2.24) is 9.80 Å². The Kier molecular flexibility index (Phi) is 8.44. The van der Waals surface area contributed by atoms with Gasteiger partial charge in [0.15, 0.2) is 0 Å². The number of halogens is 1. The van der Waals surface area contributed by atoms with Gasteiger partial charge in [0.05, 0.1) is 13.2 Å². The lowest BCUT2D eigenvalue weighted by Crippen LogP contribution is -2.47. The largest absolute Gasteiger partial charge is 0.497 e. The molecule has 4 rings (SSSR count). The maximum Gasteiger partial charge on any atom is 0.254 e. The lowest BCUT2D eigenvalue weighted by molar-refractivity contribution is -0.134. The van der Waals surface area contributed by atoms with Gasteiger partial charge in [0, 0.05) is 42.3 Å². The zero-order valence-electron chi connectivity index (χ0n) is 19.9. The molecule has 6 nitrogen and oxygen atoms in total. The monoisotopic (exact) mass is 512 g/mol. The van der Waals surface area contributed by atoms with Gasteiger partial charge in [-0.05, 0) is 71.8 Å². The predicted molar refractivity (Wildman–Crippen MR) is 138 cm³/mol.